The van der Waals surface area contributed by atoms with E-state index in [1.807, 2.05) is 6.92 Å². The Labute approximate surface area is 117 Å². The summed E-state index contributed by atoms with van der Waals surface area (Å²) in [6.07, 6.45) is -0.536. The van der Waals surface area contributed by atoms with Crippen molar-refractivity contribution in [1.29, 1.82) is 0 Å². The maximum Gasteiger partial charge on any atom is 0.411 e. The van der Waals surface area contributed by atoms with Crippen LogP contribution >= 0.6 is 0 Å². The highest BCUT2D eigenvalue weighted by Gasteiger charge is 2.24. The van der Waals surface area contributed by atoms with Crippen molar-refractivity contribution in [3.63, 3.8) is 0 Å². The van der Waals surface area contributed by atoms with E-state index in [1.165, 1.54) is 7.11 Å². The van der Waals surface area contributed by atoms with Gasteiger partial charge in [0.15, 0.2) is 0 Å². The number of hydrogen-bond acceptors (Lipinski definition) is 4. The molecule has 1 aromatic rings. The second-order valence-corrected chi connectivity index (χ2v) is 4.62. The summed E-state index contributed by atoms with van der Waals surface area (Å²) in [5.74, 6) is -0.0228. The molecule has 0 bridgehead atoms. The van der Waals surface area contributed by atoms with Gasteiger partial charge in [-0.15, -0.1) is 0 Å². The number of carbonyl (C=O) groups is 2. The molecule has 1 aromatic carbocycles. The maximum atomic E-state index is 12.4. The van der Waals surface area contributed by atoms with Crippen LogP contribution < -0.4 is 5.32 Å². The second kappa shape index (κ2) is 6.38. The molecule has 0 saturated carbocycles. The molecule has 0 aliphatic carbocycles. The van der Waals surface area contributed by atoms with E-state index in [-0.39, 0.29) is 11.9 Å². The number of methoxy groups -OCH3 is 1. The van der Waals surface area contributed by atoms with Crippen LogP contribution in [-0.2, 0) is 9.47 Å². The zero-order chi connectivity index (χ0) is 14.5. The summed E-state index contributed by atoms with van der Waals surface area (Å²) in [4.78, 5) is 25.2. The van der Waals surface area contributed by atoms with Gasteiger partial charge in [0.05, 0.1) is 26.4 Å². The smallest absolute Gasteiger partial charge is 0.411 e. The van der Waals surface area contributed by atoms with Crippen molar-refractivity contribution in [2.24, 2.45) is 0 Å². The van der Waals surface area contributed by atoms with Crippen LogP contribution in [0.2, 0.25) is 0 Å². The van der Waals surface area contributed by atoms with Crippen LogP contribution in [0.4, 0.5) is 10.5 Å². The van der Waals surface area contributed by atoms with Gasteiger partial charge in [-0.3, -0.25) is 10.1 Å². The number of hydrogen-bond donors (Lipinski definition) is 1. The fraction of sp³-hybridized carbons (Fsp3) is 0.429. The number of nitrogens with zero attached hydrogens (tertiary/aromatic N) is 1. The molecule has 1 heterocycles. The zero-order valence-corrected chi connectivity index (χ0v) is 11.6. The summed E-state index contributed by atoms with van der Waals surface area (Å²) in [5.41, 5.74) is 1.18. The van der Waals surface area contributed by atoms with Gasteiger partial charge in [0, 0.05) is 17.8 Å². The number of anilines is 1. The number of morpholine rings is 1. The van der Waals surface area contributed by atoms with Gasteiger partial charge in [0.1, 0.15) is 0 Å². The lowest BCUT2D eigenvalue weighted by atomic mass is 10.1. The van der Waals surface area contributed by atoms with Gasteiger partial charge in [-0.1, -0.05) is 0 Å². The van der Waals surface area contributed by atoms with Crippen molar-refractivity contribution >= 4 is 17.7 Å². The molecule has 0 radical (unpaired) electrons. The normalized spacial score (nSPS) is 18.5. The van der Waals surface area contributed by atoms with E-state index < -0.39 is 6.09 Å². The molecule has 6 heteroatoms. The molecule has 1 fully saturated rings. The van der Waals surface area contributed by atoms with Gasteiger partial charge in [-0.25, -0.2) is 4.79 Å². The number of ether oxygens (including phenoxy) is 2. The van der Waals surface area contributed by atoms with Crippen molar-refractivity contribution in [2.75, 3.05) is 32.2 Å². The van der Waals surface area contributed by atoms with Crippen LogP contribution in [0.15, 0.2) is 24.3 Å². The SMILES string of the molecule is COC(=O)Nc1ccc(C(=O)N2CCOCC2C)cc1. The van der Waals surface area contributed by atoms with Crippen LogP contribution in [-0.4, -0.2) is 49.8 Å². The van der Waals surface area contributed by atoms with E-state index in [4.69, 9.17) is 4.74 Å². The Balaban J connectivity index is 2.05. The first-order valence-corrected chi connectivity index (χ1v) is 6.45. The predicted molar refractivity (Wildman–Crippen MR) is 73.8 cm³/mol. The fourth-order valence-electron chi connectivity index (χ4n) is 2.06. The van der Waals surface area contributed by atoms with Crippen molar-refractivity contribution in [1.82, 2.24) is 4.90 Å². The molecule has 108 valence electrons. The van der Waals surface area contributed by atoms with E-state index in [1.54, 1.807) is 29.2 Å². The molecule has 1 aliphatic rings. The van der Waals surface area contributed by atoms with Crippen molar-refractivity contribution in [3.05, 3.63) is 29.8 Å². The lowest BCUT2D eigenvalue weighted by Crippen LogP contribution is -2.47. The predicted octanol–water partition coefficient (Wildman–Crippen LogP) is 1.73. The minimum atomic E-state index is -0.536. The molecule has 2 rings (SSSR count). The van der Waals surface area contributed by atoms with Crippen LogP contribution in [0.25, 0.3) is 0 Å². The third-order valence-corrected chi connectivity index (χ3v) is 3.19. The summed E-state index contributed by atoms with van der Waals surface area (Å²) in [6, 6.07) is 6.81. The third-order valence-electron chi connectivity index (χ3n) is 3.19. The van der Waals surface area contributed by atoms with Crippen LogP contribution in [0.5, 0.6) is 0 Å². The van der Waals surface area contributed by atoms with E-state index in [9.17, 15) is 9.59 Å². The van der Waals surface area contributed by atoms with Crippen LogP contribution in [0.1, 0.15) is 17.3 Å². The van der Waals surface area contributed by atoms with Crippen LogP contribution in [0, 0.1) is 0 Å². The second-order valence-electron chi connectivity index (χ2n) is 4.62. The first-order chi connectivity index (χ1) is 9.61. The molecule has 1 atom stereocenters. The molecule has 1 N–H and O–H groups in total. The summed E-state index contributed by atoms with van der Waals surface area (Å²) < 4.78 is 9.82. The number of benzene rings is 1. The first-order valence-electron chi connectivity index (χ1n) is 6.45. The highest BCUT2D eigenvalue weighted by Crippen LogP contribution is 2.15. The molecule has 0 aromatic heterocycles. The number of carbonyl (C=O) groups excluding carboxylic acids is 2. The topological polar surface area (TPSA) is 67.9 Å². The Bertz CT molecular complexity index is 486. The molecule has 0 spiro atoms. The van der Waals surface area contributed by atoms with Gasteiger partial charge >= 0.3 is 6.09 Å². The van der Waals surface area contributed by atoms with Gasteiger partial charge in [-0.2, -0.15) is 0 Å². The summed E-state index contributed by atoms with van der Waals surface area (Å²) in [5, 5.41) is 2.54. The highest BCUT2D eigenvalue weighted by atomic mass is 16.5. The van der Waals surface area contributed by atoms with Gasteiger partial charge in [0.25, 0.3) is 5.91 Å². The Kier molecular flexibility index (Phi) is 4.57. The van der Waals surface area contributed by atoms with Crippen molar-refractivity contribution in [3.8, 4) is 0 Å². The maximum absolute atomic E-state index is 12.4. The molecule has 2 amide bonds. The standard InChI is InChI=1S/C14H18N2O4/c1-10-9-20-8-7-16(10)13(17)11-3-5-12(6-4-11)15-14(18)19-2/h3-6,10H,7-9H2,1-2H3,(H,15,18). The Morgan fingerprint density at radius 2 is 2.05 bits per heavy atom. The Hall–Kier alpha value is -2.08. The lowest BCUT2D eigenvalue weighted by Gasteiger charge is -2.33. The zero-order valence-electron chi connectivity index (χ0n) is 11.6. The Morgan fingerprint density at radius 1 is 1.35 bits per heavy atom. The fourth-order valence-corrected chi connectivity index (χ4v) is 2.06. The molecular formula is C14H18N2O4. The van der Waals surface area contributed by atoms with Gasteiger partial charge in [-0.05, 0) is 31.2 Å². The van der Waals surface area contributed by atoms with Gasteiger partial charge in [0.2, 0.25) is 0 Å². The molecule has 6 nitrogen and oxygen atoms in total. The molecule has 1 saturated heterocycles. The van der Waals surface area contributed by atoms with Crippen molar-refractivity contribution in [2.45, 2.75) is 13.0 Å². The molecule has 1 aliphatic heterocycles. The monoisotopic (exact) mass is 278 g/mol. The quantitative estimate of drug-likeness (QED) is 0.894. The summed E-state index contributed by atoms with van der Waals surface area (Å²) >= 11 is 0. The largest absolute Gasteiger partial charge is 0.453 e. The highest BCUT2D eigenvalue weighted by molar-refractivity contribution is 5.95. The lowest BCUT2D eigenvalue weighted by molar-refractivity contribution is 0.00359. The molecule has 20 heavy (non-hydrogen) atoms. The Morgan fingerprint density at radius 3 is 2.65 bits per heavy atom. The summed E-state index contributed by atoms with van der Waals surface area (Å²) in [7, 11) is 1.30. The van der Waals surface area contributed by atoms with E-state index in [0.717, 1.165) is 0 Å². The van der Waals surface area contributed by atoms with E-state index in [2.05, 4.69) is 10.1 Å². The third kappa shape index (κ3) is 3.27. The number of amides is 2. The van der Waals surface area contributed by atoms with Gasteiger partial charge < -0.3 is 14.4 Å². The molecule has 1 unspecified atom stereocenters. The average Bonchev–Trinajstić information content (AvgIpc) is 2.47. The first kappa shape index (κ1) is 14.3. The van der Waals surface area contributed by atoms with Crippen molar-refractivity contribution < 1.29 is 19.1 Å². The number of rotatable bonds is 2. The van der Waals surface area contributed by atoms with E-state index in [0.29, 0.717) is 31.0 Å². The van der Waals surface area contributed by atoms with E-state index >= 15 is 0 Å². The molecular weight excluding hydrogens is 260 g/mol. The summed E-state index contributed by atoms with van der Waals surface area (Å²) in [6.45, 7) is 3.69. The minimum Gasteiger partial charge on any atom is -0.453 e. The van der Waals surface area contributed by atoms with Crippen LogP contribution in [0.3, 0.4) is 0 Å². The number of nitrogens with one attached hydrogen (secondary N) is 1. The average molecular weight is 278 g/mol. The minimum absolute atomic E-state index is 0.0228.